The van der Waals surface area contributed by atoms with Crippen molar-refractivity contribution >= 4 is 11.8 Å². The minimum atomic E-state index is -0.0244. The predicted octanol–water partition coefficient (Wildman–Crippen LogP) is 3.96. The van der Waals surface area contributed by atoms with Gasteiger partial charge in [0, 0.05) is 25.1 Å². The zero-order valence-electron chi connectivity index (χ0n) is 14.1. The van der Waals surface area contributed by atoms with Crippen LogP contribution in [0.4, 0.5) is 10.6 Å². The Balaban J connectivity index is 1.58. The van der Waals surface area contributed by atoms with Gasteiger partial charge in [-0.2, -0.15) is 5.10 Å². The molecule has 1 saturated heterocycles. The van der Waals surface area contributed by atoms with E-state index in [1.807, 2.05) is 24.1 Å². The van der Waals surface area contributed by atoms with Crippen molar-refractivity contribution in [3.63, 3.8) is 0 Å². The van der Waals surface area contributed by atoms with Crippen LogP contribution in [-0.4, -0.2) is 27.3 Å². The summed E-state index contributed by atoms with van der Waals surface area (Å²) in [6, 6.07) is 12.5. The van der Waals surface area contributed by atoms with Crippen molar-refractivity contribution in [2.75, 3.05) is 11.9 Å². The van der Waals surface area contributed by atoms with Crippen molar-refractivity contribution in [1.29, 1.82) is 0 Å². The van der Waals surface area contributed by atoms with Gasteiger partial charge in [-0.3, -0.25) is 10.00 Å². The Morgan fingerprint density at radius 3 is 2.58 bits per heavy atom. The van der Waals surface area contributed by atoms with Gasteiger partial charge in [0.1, 0.15) is 5.82 Å². The molecule has 2 amide bonds. The zero-order chi connectivity index (χ0) is 16.6. The third kappa shape index (κ3) is 2.48. The third-order valence-electron chi connectivity index (χ3n) is 5.66. The summed E-state index contributed by atoms with van der Waals surface area (Å²) in [6.45, 7) is 0.857. The molecule has 0 unspecified atom stereocenters. The molecule has 4 rings (SSSR count). The number of aromatic nitrogens is 2. The summed E-state index contributed by atoms with van der Waals surface area (Å²) in [5.41, 5.74) is 1.52. The van der Waals surface area contributed by atoms with Gasteiger partial charge in [-0.15, -0.1) is 0 Å². The van der Waals surface area contributed by atoms with Crippen molar-refractivity contribution in [3.8, 4) is 0 Å². The Labute approximate surface area is 142 Å². The van der Waals surface area contributed by atoms with E-state index in [2.05, 4.69) is 34.7 Å². The topological polar surface area (TPSA) is 50.2 Å². The van der Waals surface area contributed by atoms with Gasteiger partial charge in [0.15, 0.2) is 0 Å². The minimum absolute atomic E-state index is 0.0244. The largest absolute Gasteiger partial charge is 0.323 e. The maximum atomic E-state index is 12.8. The van der Waals surface area contributed by atoms with Crippen LogP contribution in [0.2, 0.25) is 0 Å². The number of hydrogen-bond acceptors (Lipinski definition) is 2. The number of likely N-dealkylation sites (tertiary alicyclic amines) is 1. The van der Waals surface area contributed by atoms with Gasteiger partial charge in [0.25, 0.3) is 0 Å². The highest BCUT2D eigenvalue weighted by Crippen LogP contribution is 2.56. The molecule has 1 N–H and O–H groups in total. The molecule has 1 aromatic carbocycles. The molecule has 24 heavy (non-hydrogen) atoms. The van der Waals surface area contributed by atoms with Crippen LogP contribution in [0.25, 0.3) is 0 Å². The predicted molar refractivity (Wildman–Crippen MR) is 93.6 cm³/mol. The van der Waals surface area contributed by atoms with Crippen molar-refractivity contribution in [1.82, 2.24) is 14.7 Å². The zero-order valence-corrected chi connectivity index (χ0v) is 14.1. The Hall–Kier alpha value is -2.30. The fourth-order valence-corrected chi connectivity index (χ4v) is 4.46. The first kappa shape index (κ1) is 15.2. The average molecular weight is 324 g/mol. The van der Waals surface area contributed by atoms with Gasteiger partial charge < -0.3 is 4.90 Å². The van der Waals surface area contributed by atoms with E-state index in [9.17, 15) is 4.79 Å². The summed E-state index contributed by atoms with van der Waals surface area (Å²) in [5.74, 6) is 0.733. The number of aryl methyl sites for hydroxylation is 1. The molecule has 1 saturated carbocycles. The van der Waals surface area contributed by atoms with Crippen LogP contribution in [0.1, 0.15) is 43.7 Å². The van der Waals surface area contributed by atoms with Crippen molar-refractivity contribution in [2.45, 2.75) is 38.1 Å². The lowest BCUT2D eigenvalue weighted by atomic mass is 9.61. The Kier molecular flexibility index (Phi) is 3.79. The molecule has 2 aromatic rings. The highest BCUT2D eigenvalue weighted by atomic mass is 16.2. The smallest absolute Gasteiger partial charge is 0.316 e. The molecule has 126 valence electrons. The molecule has 1 aliphatic heterocycles. The molecule has 0 bridgehead atoms. The molecule has 2 aliphatic rings. The molecule has 0 radical (unpaired) electrons. The summed E-state index contributed by atoms with van der Waals surface area (Å²) in [5, 5.41) is 7.12. The monoisotopic (exact) mass is 324 g/mol. The number of amides is 2. The molecular formula is C19H24N4O. The second-order valence-electron chi connectivity index (χ2n) is 7.13. The number of nitrogens with one attached hydrogen (secondary N) is 1. The second kappa shape index (κ2) is 5.96. The molecule has 1 aliphatic carbocycles. The lowest BCUT2D eigenvalue weighted by Crippen LogP contribution is -2.62. The summed E-state index contributed by atoms with van der Waals surface area (Å²) in [6.07, 6.45) is 8.03. The minimum Gasteiger partial charge on any atom is -0.316 e. The van der Waals surface area contributed by atoms with Crippen LogP contribution in [0.15, 0.2) is 42.6 Å². The third-order valence-corrected chi connectivity index (χ3v) is 5.66. The maximum absolute atomic E-state index is 12.8. The van der Waals surface area contributed by atoms with Crippen LogP contribution >= 0.6 is 0 Å². The van der Waals surface area contributed by atoms with E-state index in [1.165, 1.54) is 37.7 Å². The van der Waals surface area contributed by atoms with Gasteiger partial charge in [0.2, 0.25) is 0 Å². The lowest BCUT2D eigenvalue weighted by Gasteiger charge is -2.59. The summed E-state index contributed by atoms with van der Waals surface area (Å²) >= 11 is 0. The average Bonchev–Trinajstić information content (AvgIpc) is 2.99. The molecule has 1 spiro atoms. The van der Waals surface area contributed by atoms with Crippen molar-refractivity contribution in [2.24, 2.45) is 12.5 Å². The Bertz CT molecular complexity index is 718. The van der Waals surface area contributed by atoms with Crippen LogP contribution in [0.3, 0.4) is 0 Å². The summed E-state index contributed by atoms with van der Waals surface area (Å²) in [7, 11) is 1.84. The van der Waals surface area contributed by atoms with E-state index in [1.54, 1.807) is 10.9 Å². The second-order valence-corrected chi connectivity index (χ2v) is 7.13. The Morgan fingerprint density at radius 2 is 1.92 bits per heavy atom. The quantitative estimate of drug-likeness (QED) is 0.909. The van der Waals surface area contributed by atoms with E-state index >= 15 is 0 Å². The number of hydrogen-bond donors (Lipinski definition) is 1. The molecule has 2 fully saturated rings. The van der Waals surface area contributed by atoms with Gasteiger partial charge >= 0.3 is 6.03 Å². The van der Waals surface area contributed by atoms with Crippen LogP contribution in [0, 0.1) is 5.41 Å². The normalized spacial score (nSPS) is 22.2. The number of benzene rings is 1. The van der Waals surface area contributed by atoms with Gasteiger partial charge in [-0.05, 0) is 18.4 Å². The van der Waals surface area contributed by atoms with E-state index in [0.29, 0.717) is 0 Å². The fourth-order valence-electron chi connectivity index (χ4n) is 4.46. The van der Waals surface area contributed by atoms with Crippen LogP contribution < -0.4 is 5.32 Å². The summed E-state index contributed by atoms with van der Waals surface area (Å²) in [4.78, 5) is 14.8. The molecular weight excluding hydrogens is 300 g/mol. The maximum Gasteiger partial charge on any atom is 0.323 e. The van der Waals surface area contributed by atoms with E-state index in [0.717, 1.165) is 12.4 Å². The van der Waals surface area contributed by atoms with E-state index in [-0.39, 0.29) is 17.5 Å². The first-order chi connectivity index (χ1) is 11.7. The first-order valence-electron chi connectivity index (χ1n) is 8.80. The number of urea groups is 1. The molecule has 5 nitrogen and oxygen atoms in total. The lowest BCUT2D eigenvalue weighted by molar-refractivity contribution is -0.0662. The molecule has 1 aromatic heterocycles. The van der Waals surface area contributed by atoms with E-state index in [4.69, 9.17) is 0 Å². The Morgan fingerprint density at radius 1 is 1.17 bits per heavy atom. The molecule has 2 heterocycles. The van der Waals surface area contributed by atoms with Crippen LogP contribution in [0.5, 0.6) is 0 Å². The highest BCUT2D eigenvalue weighted by molar-refractivity contribution is 5.89. The van der Waals surface area contributed by atoms with Crippen molar-refractivity contribution in [3.05, 3.63) is 48.2 Å². The number of carbonyl (C=O) groups excluding carboxylic acids is 1. The van der Waals surface area contributed by atoms with E-state index < -0.39 is 0 Å². The van der Waals surface area contributed by atoms with Crippen LogP contribution in [-0.2, 0) is 7.05 Å². The van der Waals surface area contributed by atoms with Gasteiger partial charge in [0.05, 0.1) is 12.2 Å². The first-order valence-corrected chi connectivity index (χ1v) is 8.80. The standard InChI is InChI=1S/C19H24N4O/c1-22-16(10-13-20-22)21-18(24)23-14-19(11-6-3-7-12-19)17(23)15-8-4-2-5-9-15/h2,4-5,8-10,13,17H,3,6-7,11-12,14H2,1H3,(H,21,24)/t17-/m1/s1. The van der Waals surface area contributed by atoms with Crippen molar-refractivity contribution < 1.29 is 4.79 Å². The SMILES string of the molecule is Cn1nccc1NC(=O)N1CC2(CCCCC2)[C@H]1c1ccccc1. The molecule has 1 atom stereocenters. The highest BCUT2D eigenvalue weighted by Gasteiger charge is 2.54. The summed E-state index contributed by atoms with van der Waals surface area (Å²) < 4.78 is 1.69. The molecule has 5 heteroatoms. The number of rotatable bonds is 2. The number of carbonyl (C=O) groups is 1. The number of nitrogens with zero attached hydrogens (tertiary/aromatic N) is 3. The number of anilines is 1. The van der Waals surface area contributed by atoms with Gasteiger partial charge in [-0.25, -0.2) is 4.79 Å². The van der Waals surface area contributed by atoms with Gasteiger partial charge in [-0.1, -0.05) is 49.6 Å². The fraction of sp³-hybridized carbons (Fsp3) is 0.474.